The van der Waals surface area contributed by atoms with Crippen LogP contribution in [0.3, 0.4) is 0 Å². The van der Waals surface area contributed by atoms with Gasteiger partial charge in [0.2, 0.25) is 0 Å². The smallest absolute Gasteiger partial charge is 0.124 e. The quantitative estimate of drug-likeness (QED) is 0.913. The van der Waals surface area contributed by atoms with Crippen LogP contribution in [0.2, 0.25) is 5.02 Å². The predicted molar refractivity (Wildman–Crippen MR) is 77.9 cm³/mol. The van der Waals surface area contributed by atoms with E-state index in [1.807, 2.05) is 0 Å². The van der Waals surface area contributed by atoms with Crippen LogP contribution in [0.15, 0.2) is 18.2 Å². The van der Waals surface area contributed by atoms with E-state index >= 15 is 0 Å². The molecule has 1 aromatic rings. The number of nitrogens with zero attached hydrogens (tertiary/aromatic N) is 1. The van der Waals surface area contributed by atoms with Gasteiger partial charge in [0.25, 0.3) is 0 Å². The lowest BCUT2D eigenvalue weighted by atomic mass is 10.0. The fraction of sp³-hybridized carbons (Fsp3) is 0.600. The molecule has 0 aromatic heterocycles. The third kappa shape index (κ3) is 4.44. The van der Waals surface area contributed by atoms with Crippen molar-refractivity contribution in [2.24, 2.45) is 5.92 Å². The van der Waals surface area contributed by atoms with Gasteiger partial charge in [-0.2, -0.15) is 0 Å². The number of nitrogens with one attached hydrogen (secondary N) is 1. The van der Waals surface area contributed by atoms with E-state index < -0.39 is 0 Å². The predicted octanol–water partition coefficient (Wildman–Crippen LogP) is 3.30. The standard InChI is InChI=1S/C15H22ClFN2/c1-11(2)7-14-10-19(6-5-18-14)9-12-3-4-13(17)8-15(12)16/h3-4,8,11,14,18H,5-7,9-10H2,1-2H3. The maximum absolute atomic E-state index is 13.0. The van der Waals surface area contributed by atoms with Crippen LogP contribution in [0.5, 0.6) is 0 Å². The molecule has 0 saturated carbocycles. The molecule has 0 aliphatic carbocycles. The van der Waals surface area contributed by atoms with Crippen LogP contribution in [-0.2, 0) is 6.54 Å². The Morgan fingerprint density at radius 1 is 1.47 bits per heavy atom. The van der Waals surface area contributed by atoms with Crippen LogP contribution in [0.4, 0.5) is 4.39 Å². The summed E-state index contributed by atoms with van der Waals surface area (Å²) in [5.74, 6) is 0.429. The van der Waals surface area contributed by atoms with Crippen LogP contribution < -0.4 is 5.32 Å². The van der Waals surface area contributed by atoms with E-state index in [1.165, 1.54) is 18.6 Å². The van der Waals surface area contributed by atoms with E-state index in [0.717, 1.165) is 31.7 Å². The van der Waals surface area contributed by atoms with E-state index in [2.05, 4.69) is 24.1 Å². The monoisotopic (exact) mass is 284 g/mol. The second-order valence-corrected chi connectivity index (χ2v) is 6.16. The van der Waals surface area contributed by atoms with Gasteiger partial charge in [0.05, 0.1) is 0 Å². The van der Waals surface area contributed by atoms with Crippen molar-refractivity contribution >= 4 is 11.6 Å². The molecule has 0 amide bonds. The summed E-state index contributed by atoms with van der Waals surface area (Å²) in [5, 5.41) is 4.08. The van der Waals surface area contributed by atoms with E-state index in [-0.39, 0.29) is 5.82 Å². The molecule has 1 atom stereocenters. The molecule has 19 heavy (non-hydrogen) atoms. The molecule has 2 nitrogen and oxygen atoms in total. The molecule has 0 bridgehead atoms. The van der Waals surface area contributed by atoms with Gasteiger partial charge in [0.15, 0.2) is 0 Å². The first-order chi connectivity index (χ1) is 9.04. The molecule has 1 unspecified atom stereocenters. The highest BCUT2D eigenvalue weighted by molar-refractivity contribution is 6.31. The first kappa shape index (κ1) is 14.8. The van der Waals surface area contributed by atoms with E-state index in [1.54, 1.807) is 6.07 Å². The van der Waals surface area contributed by atoms with Gasteiger partial charge in [-0.3, -0.25) is 4.90 Å². The van der Waals surface area contributed by atoms with Crippen molar-refractivity contribution < 1.29 is 4.39 Å². The van der Waals surface area contributed by atoms with Crippen LogP contribution in [0, 0.1) is 11.7 Å². The highest BCUT2D eigenvalue weighted by Gasteiger charge is 2.20. The summed E-state index contributed by atoms with van der Waals surface area (Å²) in [7, 11) is 0. The molecule has 1 aliphatic heterocycles. The zero-order chi connectivity index (χ0) is 13.8. The Balaban J connectivity index is 1.94. The molecule has 1 N–H and O–H groups in total. The van der Waals surface area contributed by atoms with Crippen LogP contribution in [0.1, 0.15) is 25.8 Å². The molecular formula is C15H22ClFN2. The van der Waals surface area contributed by atoms with Gasteiger partial charge in [0.1, 0.15) is 5.82 Å². The highest BCUT2D eigenvalue weighted by Crippen LogP contribution is 2.20. The third-order valence-electron chi connectivity index (χ3n) is 3.50. The number of piperazine rings is 1. The van der Waals surface area contributed by atoms with Crippen molar-refractivity contribution in [3.63, 3.8) is 0 Å². The van der Waals surface area contributed by atoms with Gasteiger partial charge >= 0.3 is 0 Å². The molecule has 106 valence electrons. The maximum atomic E-state index is 13.0. The highest BCUT2D eigenvalue weighted by atomic mass is 35.5. The third-order valence-corrected chi connectivity index (χ3v) is 3.86. The average molecular weight is 285 g/mol. The first-order valence-electron chi connectivity index (χ1n) is 6.94. The van der Waals surface area contributed by atoms with Gasteiger partial charge in [-0.15, -0.1) is 0 Å². The van der Waals surface area contributed by atoms with Crippen molar-refractivity contribution in [2.75, 3.05) is 19.6 Å². The van der Waals surface area contributed by atoms with Crippen molar-refractivity contribution in [2.45, 2.75) is 32.9 Å². The molecule has 2 rings (SSSR count). The minimum Gasteiger partial charge on any atom is -0.311 e. The van der Waals surface area contributed by atoms with Gasteiger partial charge in [-0.1, -0.05) is 31.5 Å². The van der Waals surface area contributed by atoms with Gasteiger partial charge < -0.3 is 5.32 Å². The molecule has 4 heteroatoms. The number of halogens is 2. The Morgan fingerprint density at radius 3 is 2.95 bits per heavy atom. The Hall–Kier alpha value is -0.640. The lowest BCUT2D eigenvalue weighted by Gasteiger charge is -2.34. The largest absolute Gasteiger partial charge is 0.311 e. The normalized spacial score (nSPS) is 21.0. The summed E-state index contributed by atoms with van der Waals surface area (Å²) in [6, 6.07) is 5.21. The van der Waals surface area contributed by atoms with Crippen molar-refractivity contribution in [3.8, 4) is 0 Å². The van der Waals surface area contributed by atoms with E-state index in [9.17, 15) is 4.39 Å². The molecular weight excluding hydrogens is 263 g/mol. The van der Waals surface area contributed by atoms with Crippen LogP contribution in [-0.4, -0.2) is 30.6 Å². The summed E-state index contributed by atoms with van der Waals surface area (Å²) < 4.78 is 13.0. The SMILES string of the molecule is CC(C)CC1CN(Cc2ccc(F)cc2Cl)CCN1. The Labute approximate surface area is 119 Å². The Bertz CT molecular complexity index is 423. The number of benzene rings is 1. The maximum Gasteiger partial charge on any atom is 0.124 e. The summed E-state index contributed by atoms with van der Waals surface area (Å²) >= 11 is 6.09. The fourth-order valence-corrected chi connectivity index (χ4v) is 2.88. The number of hydrogen-bond acceptors (Lipinski definition) is 2. The average Bonchev–Trinajstić information content (AvgIpc) is 2.32. The molecule has 1 heterocycles. The second-order valence-electron chi connectivity index (χ2n) is 5.75. The summed E-state index contributed by atoms with van der Waals surface area (Å²) in [5.41, 5.74) is 1.01. The van der Waals surface area contributed by atoms with Gasteiger partial charge in [-0.25, -0.2) is 4.39 Å². The molecule has 1 fully saturated rings. The molecule has 0 spiro atoms. The summed E-state index contributed by atoms with van der Waals surface area (Å²) in [6.07, 6.45) is 1.19. The summed E-state index contributed by atoms with van der Waals surface area (Å²) in [4.78, 5) is 2.39. The molecule has 1 aromatic carbocycles. The van der Waals surface area contributed by atoms with Crippen molar-refractivity contribution in [1.29, 1.82) is 0 Å². The minimum absolute atomic E-state index is 0.272. The van der Waals surface area contributed by atoms with Crippen LogP contribution in [0.25, 0.3) is 0 Å². The van der Waals surface area contributed by atoms with Gasteiger partial charge in [0, 0.05) is 37.2 Å². The Morgan fingerprint density at radius 2 is 2.26 bits per heavy atom. The number of hydrogen-bond donors (Lipinski definition) is 1. The zero-order valence-electron chi connectivity index (χ0n) is 11.6. The zero-order valence-corrected chi connectivity index (χ0v) is 12.4. The topological polar surface area (TPSA) is 15.3 Å². The molecule has 1 saturated heterocycles. The molecule has 1 aliphatic rings. The van der Waals surface area contributed by atoms with Crippen molar-refractivity contribution in [3.05, 3.63) is 34.6 Å². The first-order valence-corrected chi connectivity index (χ1v) is 7.32. The minimum atomic E-state index is -0.272. The van der Waals surface area contributed by atoms with E-state index in [4.69, 9.17) is 11.6 Å². The number of rotatable bonds is 4. The summed E-state index contributed by atoms with van der Waals surface area (Å²) in [6.45, 7) is 8.36. The second kappa shape index (κ2) is 6.69. The van der Waals surface area contributed by atoms with Crippen molar-refractivity contribution in [1.82, 2.24) is 10.2 Å². The van der Waals surface area contributed by atoms with Crippen LogP contribution >= 0.6 is 11.6 Å². The Kier molecular flexibility index (Phi) is 5.20. The lowest BCUT2D eigenvalue weighted by molar-refractivity contribution is 0.179. The molecule has 0 radical (unpaired) electrons. The van der Waals surface area contributed by atoms with E-state index in [0.29, 0.717) is 17.0 Å². The van der Waals surface area contributed by atoms with Gasteiger partial charge in [-0.05, 0) is 30.0 Å². The fourth-order valence-electron chi connectivity index (χ4n) is 2.66. The lowest BCUT2D eigenvalue weighted by Crippen LogP contribution is -2.50.